The SMILES string of the molecule is CCNC(=NCCS(=O)(=O)CC)N(C)Cc1cn(C)nc1C(C)C.I. The molecule has 0 unspecified atom stereocenters. The van der Waals surface area contributed by atoms with Crippen LogP contribution in [0.25, 0.3) is 0 Å². The van der Waals surface area contributed by atoms with E-state index in [-0.39, 0.29) is 42.0 Å². The third-order valence-electron chi connectivity index (χ3n) is 3.69. The molecule has 1 rings (SSSR count). The van der Waals surface area contributed by atoms with Crippen molar-refractivity contribution in [1.29, 1.82) is 0 Å². The summed E-state index contributed by atoms with van der Waals surface area (Å²) in [5.41, 5.74) is 2.23. The lowest BCUT2D eigenvalue weighted by Gasteiger charge is -2.22. The zero-order valence-electron chi connectivity index (χ0n) is 16.1. The minimum Gasteiger partial charge on any atom is -0.357 e. The Morgan fingerprint density at radius 3 is 2.56 bits per heavy atom. The molecule has 7 nitrogen and oxygen atoms in total. The average Bonchev–Trinajstić information content (AvgIpc) is 2.87. The number of aryl methyl sites for hydroxylation is 1. The van der Waals surface area contributed by atoms with Gasteiger partial charge in [-0.15, -0.1) is 24.0 Å². The standard InChI is InChI=1S/C16H31N5O2S.HI/c1-7-17-16(18-9-10-24(22,23)8-2)20(5)11-14-12-21(6)19-15(14)13(3)4;/h12-13H,7-11H2,1-6H3,(H,17,18);1H. The Morgan fingerprint density at radius 2 is 2.04 bits per heavy atom. The maximum atomic E-state index is 11.6. The van der Waals surface area contributed by atoms with Gasteiger partial charge < -0.3 is 10.2 Å². The molecule has 1 aromatic rings. The van der Waals surface area contributed by atoms with E-state index in [1.54, 1.807) is 6.92 Å². The van der Waals surface area contributed by atoms with Crippen molar-refractivity contribution in [3.8, 4) is 0 Å². The van der Waals surface area contributed by atoms with Crippen molar-refractivity contribution in [3.63, 3.8) is 0 Å². The van der Waals surface area contributed by atoms with Crippen LogP contribution in [0.3, 0.4) is 0 Å². The van der Waals surface area contributed by atoms with Crippen LogP contribution in [0.4, 0.5) is 0 Å². The highest BCUT2D eigenvalue weighted by Gasteiger charge is 2.15. The molecule has 0 saturated heterocycles. The molecule has 0 spiro atoms. The predicted molar refractivity (Wildman–Crippen MR) is 114 cm³/mol. The Hall–Kier alpha value is -0.840. The molecular weight excluding hydrogens is 453 g/mol. The van der Waals surface area contributed by atoms with E-state index in [9.17, 15) is 8.42 Å². The molecule has 9 heteroatoms. The molecule has 0 atom stereocenters. The molecule has 0 aliphatic rings. The molecule has 1 N–H and O–H groups in total. The van der Waals surface area contributed by atoms with Crippen LogP contribution in [-0.2, 0) is 23.4 Å². The molecule has 1 aromatic heterocycles. The number of rotatable bonds is 8. The number of aliphatic imine (C=N–C) groups is 1. The minimum absolute atomic E-state index is 0. The second-order valence-corrected chi connectivity index (χ2v) is 8.67. The van der Waals surface area contributed by atoms with E-state index < -0.39 is 9.84 Å². The van der Waals surface area contributed by atoms with Crippen molar-refractivity contribution in [2.75, 3.05) is 31.6 Å². The Bertz CT molecular complexity index is 655. The van der Waals surface area contributed by atoms with Gasteiger partial charge in [0.15, 0.2) is 15.8 Å². The van der Waals surface area contributed by atoms with E-state index >= 15 is 0 Å². The predicted octanol–water partition coefficient (Wildman–Crippen LogP) is 1.99. The monoisotopic (exact) mass is 485 g/mol. The first-order valence-corrected chi connectivity index (χ1v) is 10.2. The van der Waals surface area contributed by atoms with E-state index in [2.05, 4.69) is 29.3 Å². The lowest BCUT2D eigenvalue weighted by Crippen LogP contribution is -2.39. The molecule has 0 bridgehead atoms. The van der Waals surface area contributed by atoms with Crippen LogP contribution >= 0.6 is 24.0 Å². The number of hydrogen-bond donors (Lipinski definition) is 1. The van der Waals surface area contributed by atoms with Gasteiger partial charge in [0.1, 0.15) is 0 Å². The van der Waals surface area contributed by atoms with Gasteiger partial charge in [0.25, 0.3) is 0 Å². The van der Waals surface area contributed by atoms with E-state index in [0.717, 1.165) is 17.8 Å². The molecule has 25 heavy (non-hydrogen) atoms. The number of guanidine groups is 1. The zero-order valence-corrected chi connectivity index (χ0v) is 19.3. The van der Waals surface area contributed by atoms with Gasteiger partial charge in [-0.2, -0.15) is 5.10 Å². The van der Waals surface area contributed by atoms with E-state index in [4.69, 9.17) is 0 Å². The molecule has 0 aromatic carbocycles. The normalized spacial score (nSPS) is 12.2. The third-order valence-corrected chi connectivity index (χ3v) is 5.38. The summed E-state index contributed by atoms with van der Waals surface area (Å²) >= 11 is 0. The summed E-state index contributed by atoms with van der Waals surface area (Å²) in [6.45, 7) is 9.58. The third kappa shape index (κ3) is 7.93. The second-order valence-electron chi connectivity index (χ2n) is 6.20. The molecule has 0 amide bonds. The first-order chi connectivity index (χ1) is 11.2. The number of aromatic nitrogens is 2. The van der Waals surface area contributed by atoms with Crippen LogP contribution in [-0.4, -0.2) is 60.7 Å². The Kier molecular flexibility index (Phi) is 10.6. The molecular formula is C16H32IN5O2S. The fourth-order valence-electron chi connectivity index (χ4n) is 2.40. The van der Waals surface area contributed by atoms with Gasteiger partial charge >= 0.3 is 0 Å². The van der Waals surface area contributed by atoms with Gasteiger partial charge in [-0.25, -0.2) is 8.42 Å². The maximum absolute atomic E-state index is 11.6. The number of nitrogens with zero attached hydrogens (tertiary/aromatic N) is 4. The van der Waals surface area contributed by atoms with Gasteiger partial charge in [0.2, 0.25) is 0 Å². The first kappa shape index (κ1) is 24.2. The molecule has 0 radical (unpaired) electrons. The van der Waals surface area contributed by atoms with Crippen molar-refractivity contribution < 1.29 is 8.42 Å². The molecule has 0 aliphatic heterocycles. The van der Waals surface area contributed by atoms with E-state index in [1.807, 2.05) is 36.8 Å². The quantitative estimate of drug-likeness (QED) is 0.346. The van der Waals surface area contributed by atoms with E-state index in [0.29, 0.717) is 18.4 Å². The number of sulfone groups is 1. The summed E-state index contributed by atoms with van der Waals surface area (Å²) in [6, 6.07) is 0. The van der Waals surface area contributed by atoms with Crippen molar-refractivity contribution in [2.45, 2.75) is 40.2 Å². The lowest BCUT2D eigenvalue weighted by atomic mass is 10.1. The zero-order chi connectivity index (χ0) is 18.3. The fourth-order valence-corrected chi connectivity index (χ4v) is 3.06. The smallest absolute Gasteiger partial charge is 0.193 e. The summed E-state index contributed by atoms with van der Waals surface area (Å²) in [6.07, 6.45) is 2.02. The van der Waals surface area contributed by atoms with Gasteiger partial charge in [-0.05, 0) is 12.8 Å². The van der Waals surface area contributed by atoms with Crippen molar-refractivity contribution in [2.24, 2.45) is 12.0 Å². The second kappa shape index (κ2) is 11.0. The summed E-state index contributed by atoms with van der Waals surface area (Å²) in [5.74, 6) is 1.30. The highest BCUT2D eigenvalue weighted by molar-refractivity contribution is 14.0. The first-order valence-electron chi connectivity index (χ1n) is 8.42. The van der Waals surface area contributed by atoms with Crippen LogP contribution in [0.15, 0.2) is 11.2 Å². The van der Waals surface area contributed by atoms with Crippen LogP contribution in [0.5, 0.6) is 0 Å². The van der Waals surface area contributed by atoms with Crippen molar-refractivity contribution >= 4 is 39.8 Å². The summed E-state index contributed by atoms with van der Waals surface area (Å²) in [4.78, 5) is 6.45. The topological polar surface area (TPSA) is 79.6 Å². The Labute approximate surface area is 169 Å². The van der Waals surface area contributed by atoms with Gasteiger partial charge in [0, 0.05) is 44.7 Å². The molecule has 0 fully saturated rings. The van der Waals surface area contributed by atoms with Crippen molar-refractivity contribution in [1.82, 2.24) is 20.0 Å². The van der Waals surface area contributed by atoms with Crippen LogP contribution in [0.1, 0.15) is 44.9 Å². The lowest BCUT2D eigenvalue weighted by molar-refractivity contribution is 0.474. The summed E-state index contributed by atoms with van der Waals surface area (Å²) in [7, 11) is 0.876. The molecule has 0 aliphatic carbocycles. The molecule has 146 valence electrons. The summed E-state index contributed by atoms with van der Waals surface area (Å²) < 4.78 is 25.0. The summed E-state index contributed by atoms with van der Waals surface area (Å²) in [5, 5.41) is 7.74. The Balaban J connectivity index is 0.00000576. The largest absolute Gasteiger partial charge is 0.357 e. The average molecular weight is 485 g/mol. The van der Waals surface area contributed by atoms with Gasteiger partial charge in [-0.1, -0.05) is 20.8 Å². The van der Waals surface area contributed by atoms with Crippen LogP contribution in [0.2, 0.25) is 0 Å². The van der Waals surface area contributed by atoms with Crippen LogP contribution in [0, 0.1) is 0 Å². The van der Waals surface area contributed by atoms with Crippen molar-refractivity contribution in [3.05, 3.63) is 17.5 Å². The minimum atomic E-state index is -3.00. The van der Waals surface area contributed by atoms with Crippen LogP contribution < -0.4 is 5.32 Å². The number of hydrogen-bond acceptors (Lipinski definition) is 4. The maximum Gasteiger partial charge on any atom is 0.193 e. The number of halogens is 1. The Morgan fingerprint density at radius 1 is 1.40 bits per heavy atom. The van der Waals surface area contributed by atoms with E-state index in [1.165, 1.54) is 0 Å². The van der Waals surface area contributed by atoms with Gasteiger partial charge in [0.05, 0.1) is 18.0 Å². The fraction of sp³-hybridized carbons (Fsp3) is 0.750. The highest BCUT2D eigenvalue weighted by Crippen LogP contribution is 2.18. The number of nitrogens with one attached hydrogen (secondary N) is 1. The highest BCUT2D eigenvalue weighted by atomic mass is 127. The molecule has 0 saturated carbocycles. The van der Waals surface area contributed by atoms with Gasteiger partial charge in [-0.3, -0.25) is 9.67 Å². The molecule has 1 heterocycles.